The topological polar surface area (TPSA) is 117 Å². The lowest BCUT2D eigenvalue weighted by atomic mass is 9.71. The summed E-state index contributed by atoms with van der Waals surface area (Å²) in [7, 11) is 0. The van der Waals surface area contributed by atoms with Gasteiger partial charge in [-0.05, 0) is 66.3 Å². The van der Waals surface area contributed by atoms with E-state index in [1.165, 1.54) is 5.56 Å². The summed E-state index contributed by atoms with van der Waals surface area (Å²) in [6, 6.07) is 18.6. The number of carbonyl (C=O) groups excluding carboxylic acids is 2. The maximum Gasteiger partial charge on any atom is 0.315 e. The van der Waals surface area contributed by atoms with Crippen molar-refractivity contribution in [2.45, 2.75) is 58.3 Å². The predicted octanol–water partition coefficient (Wildman–Crippen LogP) is 5.69. The molecule has 3 aromatic carbocycles. The molecule has 0 bridgehead atoms. The SMILES string of the molecule is CC(C)(C)c1ccc(CC(=O)Oc2ccc3c4c(oc3c2)C(C)(C)c2cc(OCCCO)ccc2C4=O)cc1.O. The lowest BCUT2D eigenvalue weighted by molar-refractivity contribution is -0.133. The van der Waals surface area contributed by atoms with Gasteiger partial charge in [-0.1, -0.05) is 45.0 Å². The maximum atomic E-state index is 13.6. The molecule has 4 aromatic rings. The molecule has 40 heavy (non-hydrogen) atoms. The van der Waals surface area contributed by atoms with Crippen molar-refractivity contribution >= 4 is 22.7 Å². The molecule has 5 rings (SSSR count). The van der Waals surface area contributed by atoms with Crippen LogP contribution in [-0.4, -0.2) is 35.5 Å². The molecule has 1 aliphatic rings. The van der Waals surface area contributed by atoms with Gasteiger partial charge in [-0.2, -0.15) is 0 Å². The molecule has 3 N–H and O–H groups in total. The van der Waals surface area contributed by atoms with E-state index in [1.807, 2.05) is 44.2 Å². The van der Waals surface area contributed by atoms with Crippen LogP contribution in [-0.2, 0) is 22.0 Å². The molecule has 1 heterocycles. The van der Waals surface area contributed by atoms with Crippen molar-refractivity contribution in [1.82, 2.24) is 0 Å². The van der Waals surface area contributed by atoms with Crippen molar-refractivity contribution in [1.29, 1.82) is 0 Å². The number of esters is 1. The summed E-state index contributed by atoms with van der Waals surface area (Å²) < 4.78 is 17.7. The number of fused-ring (bicyclic) bond motifs is 4. The van der Waals surface area contributed by atoms with Gasteiger partial charge in [0.1, 0.15) is 22.8 Å². The first-order valence-electron chi connectivity index (χ1n) is 13.3. The Morgan fingerprint density at radius 2 is 1.68 bits per heavy atom. The molecule has 7 nitrogen and oxygen atoms in total. The van der Waals surface area contributed by atoms with Gasteiger partial charge in [0.25, 0.3) is 0 Å². The van der Waals surface area contributed by atoms with E-state index in [1.54, 1.807) is 30.3 Å². The fourth-order valence-electron chi connectivity index (χ4n) is 5.10. The van der Waals surface area contributed by atoms with E-state index in [0.717, 1.165) is 11.1 Å². The highest BCUT2D eigenvalue weighted by Gasteiger charge is 2.41. The van der Waals surface area contributed by atoms with Crippen LogP contribution in [0.15, 0.2) is 65.1 Å². The zero-order valence-electron chi connectivity index (χ0n) is 23.6. The molecule has 0 saturated carbocycles. The molecular weight excluding hydrogens is 508 g/mol. The number of benzene rings is 3. The van der Waals surface area contributed by atoms with Crippen LogP contribution in [0.1, 0.15) is 79.4 Å². The van der Waals surface area contributed by atoms with Gasteiger partial charge in [-0.25, -0.2) is 0 Å². The second kappa shape index (κ2) is 10.9. The second-order valence-electron chi connectivity index (χ2n) is 11.6. The maximum absolute atomic E-state index is 13.6. The number of aliphatic hydroxyl groups is 1. The number of hydrogen-bond acceptors (Lipinski definition) is 6. The van der Waals surface area contributed by atoms with Gasteiger partial charge in [0.2, 0.25) is 0 Å². The Bertz CT molecular complexity index is 1550. The van der Waals surface area contributed by atoms with Crippen LogP contribution in [0.5, 0.6) is 11.5 Å². The van der Waals surface area contributed by atoms with Crippen molar-refractivity contribution in [2.75, 3.05) is 13.2 Å². The first-order valence-corrected chi connectivity index (χ1v) is 13.3. The molecule has 0 aliphatic heterocycles. The van der Waals surface area contributed by atoms with Gasteiger partial charge < -0.3 is 24.5 Å². The summed E-state index contributed by atoms with van der Waals surface area (Å²) in [5.41, 5.74) is 4.00. The lowest BCUT2D eigenvalue weighted by Gasteiger charge is -2.30. The van der Waals surface area contributed by atoms with Crippen molar-refractivity contribution in [3.63, 3.8) is 0 Å². The molecule has 0 radical (unpaired) electrons. The average molecular weight is 545 g/mol. The Balaban J connectivity index is 0.00000370. The Kier molecular flexibility index (Phi) is 7.92. The zero-order valence-corrected chi connectivity index (χ0v) is 23.6. The quantitative estimate of drug-likeness (QED) is 0.182. The van der Waals surface area contributed by atoms with Gasteiger partial charge in [-0.3, -0.25) is 9.59 Å². The smallest absolute Gasteiger partial charge is 0.315 e. The molecule has 0 spiro atoms. The molecular formula is C33H36O7. The molecule has 0 amide bonds. The van der Waals surface area contributed by atoms with E-state index in [2.05, 4.69) is 20.8 Å². The number of carbonyl (C=O) groups is 2. The highest BCUT2D eigenvalue weighted by Crippen LogP contribution is 2.46. The molecule has 0 saturated heterocycles. The first kappa shape index (κ1) is 29.1. The third-order valence-electron chi connectivity index (χ3n) is 7.34. The van der Waals surface area contributed by atoms with Crippen LogP contribution in [0.25, 0.3) is 11.0 Å². The minimum absolute atomic E-state index is 0. The summed E-state index contributed by atoms with van der Waals surface area (Å²) in [4.78, 5) is 26.3. The summed E-state index contributed by atoms with van der Waals surface area (Å²) in [6.07, 6.45) is 0.685. The molecule has 1 aromatic heterocycles. The molecule has 7 heteroatoms. The van der Waals surface area contributed by atoms with E-state index in [0.29, 0.717) is 52.4 Å². The van der Waals surface area contributed by atoms with Gasteiger partial charge in [0.05, 0.1) is 18.6 Å². The molecule has 0 unspecified atom stereocenters. The van der Waals surface area contributed by atoms with Gasteiger partial charge in [0, 0.05) is 35.5 Å². The lowest BCUT2D eigenvalue weighted by Crippen LogP contribution is -2.29. The van der Waals surface area contributed by atoms with Crippen molar-refractivity contribution < 1.29 is 34.1 Å². The first-order chi connectivity index (χ1) is 18.5. The minimum atomic E-state index is -0.593. The van der Waals surface area contributed by atoms with Crippen molar-refractivity contribution in [3.8, 4) is 11.5 Å². The third-order valence-corrected chi connectivity index (χ3v) is 7.34. The average Bonchev–Trinajstić information content (AvgIpc) is 3.27. The monoisotopic (exact) mass is 544 g/mol. The van der Waals surface area contributed by atoms with E-state index in [9.17, 15) is 9.59 Å². The van der Waals surface area contributed by atoms with Crippen LogP contribution in [0, 0.1) is 0 Å². The van der Waals surface area contributed by atoms with Crippen molar-refractivity contribution in [2.24, 2.45) is 0 Å². The number of ether oxygens (including phenoxy) is 2. The second-order valence-corrected chi connectivity index (χ2v) is 11.6. The van der Waals surface area contributed by atoms with Crippen LogP contribution < -0.4 is 9.47 Å². The molecule has 1 aliphatic carbocycles. The highest BCUT2D eigenvalue weighted by atomic mass is 16.5. The van der Waals surface area contributed by atoms with Crippen LogP contribution in [0.4, 0.5) is 0 Å². The van der Waals surface area contributed by atoms with Crippen LogP contribution in [0.3, 0.4) is 0 Å². The minimum Gasteiger partial charge on any atom is -0.493 e. The Labute approximate surface area is 234 Å². The largest absolute Gasteiger partial charge is 0.493 e. The molecule has 210 valence electrons. The Morgan fingerprint density at radius 1 is 0.975 bits per heavy atom. The normalized spacial score (nSPS) is 13.8. The van der Waals surface area contributed by atoms with Crippen LogP contribution in [0.2, 0.25) is 0 Å². The van der Waals surface area contributed by atoms with Gasteiger partial charge in [0.15, 0.2) is 5.78 Å². The predicted molar refractivity (Wildman–Crippen MR) is 154 cm³/mol. The van der Waals surface area contributed by atoms with Crippen molar-refractivity contribution in [3.05, 3.63) is 94.2 Å². The summed E-state index contributed by atoms with van der Waals surface area (Å²) in [5.74, 6) is 1.11. The fourth-order valence-corrected chi connectivity index (χ4v) is 5.10. The van der Waals surface area contributed by atoms with E-state index < -0.39 is 5.41 Å². The number of ketones is 1. The van der Waals surface area contributed by atoms with E-state index in [4.69, 9.17) is 19.0 Å². The third kappa shape index (κ3) is 5.40. The number of hydrogen-bond donors (Lipinski definition) is 1. The summed E-state index contributed by atoms with van der Waals surface area (Å²) in [5, 5.41) is 9.72. The Hall–Kier alpha value is -3.94. The Morgan fingerprint density at radius 3 is 2.35 bits per heavy atom. The number of furan rings is 1. The summed E-state index contributed by atoms with van der Waals surface area (Å²) in [6.45, 7) is 10.9. The zero-order chi connectivity index (χ0) is 27.9. The summed E-state index contributed by atoms with van der Waals surface area (Å²) >= 11 is 0. The highest BCUT2D eigenvalue weighted by molar-refractivity contribution is 6.19. The number of aliphatic hydroxyl groups excluding tert-OH is 1. The van der Waals surface area contributed by atoms with E-state index >= 15 is 0 Å². The standard InChI is InChI=1S/C33H34O6.H2O/c1-32(2,3)21-9-7-20(8-10-21)17-28(35)38-23-12-14-25-27(19-23)39-31-29(25)30(36)24-13-11-22(37-16-6-15-34)18-26(24)33(31,4)5;/h7-14,18-19,34H,6,15-17H2,1-5H3;1H2. The van der Waals surface area contributed by atoms with E-state index in [-0.39, 0.29) is 35.7 Å². The van der Waals surface area contributed by atoms with Gasteiger partial charge >= 0.3 is 5.97 Å². The number of rotatable bonds is 7. The fraction of sp³-hybridized carbons (Fsp3) is 0.333. The van der Waals surface area contributed by atoms with Crippen LogP contribution >= 0.6 is 0 Å². The molecule has 0 atom stereocenters. The van der Waals surface area contributed by atoms with Gasteiger partial charge in [-0.15, -0.1) is 0 Å². The molecule has 0 fully saturated rings.